The Morgan fingerprint density at radius 3 is 2.74 bits per heavy atom. The SMILES string of the molecule is O=C(N[C@@H]1C=C[C@H](CO)C1)c1cn[nH]c1-c1c(F)cccc1F. The van der Waals surface area contributed by atoms with Gasteiger partial charge in [-0.25, -0.2) is 8.78 Å². The van der Waals surface area contributed by atoms with Crippen LogP contribution in [0.1, 0.15) is 16.8 Å². The van der Waals surface area contributed by atoms with Gasteiger partial charge in [-0.1, -0.05) is 18.2 Å². The van der Waals surface area contributed by atoms with E-state index in [-0.39, 0.29) is 35.4 Å². The summed E-state index contributed by atoms with van der Waals surface area (Å²) in [7, 11) is 0. The highest BCUT2D eigenvalue weighted by Gasteiger charge is 2.24. The summed E-state index contributed by atoms with van der Waals surface area (Å²) >= 11 is 0. The van der Waals surface area contributed by atoms with Gasteiger partial charge in [-0.3, -0.25) is 9.89 Å². The molecule has 120 valence electrons. The van der Waals surface area contributed by atoms with Crippen LogP contribution in [0.4, 0.5) is 8.78 Å². The van der Waals surface area contributed by atoms with E-state index in [4.69, 9.17) is 5.11 Å². The van der Waals surface area contributed by atoms with Crippen molar-refractivity contribution in [2.24, 2.45) is 5.92 Å². The molecule has 0 saturated heterocycles. The van der Waals surface area contributed by atoms with Gasteiger partial charge in [-0.15, -0.1) is 0 Å². The van der Waals surface area contributed by atoms with E-state index in [0.717, 1.165) is 12.1 Å². The van der Waals surface area contributed by atoms with Gasteiger partial charge < -0.3 is 10.4 Å². The van der Waals surface area contributed by atoms with Crippen molar-refractivity contribution >= 4 is 5.91 Å². The number of hydrogen-bond acceptors (Lipinski definition) is 3. The maximum Gasteiger partial charge on any atom is 0.255 e. The molecule has 1 aromatic carbocycles. The maximum absolute atomic E-state index is 13.9. The Hall–Kier alpha value is -2.54. The number of carbonyl (C=O) groups is 1. The second-order valence-electron chi connectivity index (χ2n) is 5.40. The number of aromatic amines is 1. The third-order valence-electron chi connectivity index (χ3n) is 3.82. The number of nitrogens with zero attached hydrogens (tertiary/aromatic N) is 1. The van der Waals surface area contributed by atoms with E-state index in [1.54, 1.807) is 6.08 Å². The lowest BCUT2D eigenvalue weighted by Gasteiger charge is -2.13. The first kappa shape index (κ1) is 15.4. The molecule has 0 unspecified atom stereocenters. The third kappa shape index (κ3) is 3.00. The second kappa shape index (κ2) is 6.29. The molecule has 3 N–H and O–H groups in total. The van der Waals surface area contributed by atoms with Crippen LogP contribution in [-0.2, 0) is 0 Å². The molecule has 0 radical (unpaired) electrons. The summed E-state index contributed by atoms with van der Waals surface area (Å²) in [6, 6.07) is 3.26. The summed E-state index contributed by atoms with van der Waals surface area (Å²) in [6.45, 7) is 0.0142. The number of amides is 1. The molecule has 0 spiro atoms. The molecule has 23 heavy (non-hydrogen) atoms. The lowest BCUT2D eigenvalue weighted by atomic mass is 10.1. The van der Waals surface area contributed by atoms with E-state index in [1.165, 1.54) is 12.3 Å². The molecular formula is C16H15F2N3O2. The van der Waals surface area contributed by atoms with Crippen molar-refractivity contribution in [1.29, 1.82) is 0 Å². The highest BCUT2D eigenvalue weighted by Crippen LogP contribution is 2.27. The van der Waals surface area contributed by atoms with Crippen molar-refractivity contribution in [3.8, 4) is 11.3 Å². The van der Waals surface area contributed by atoms with Crippen LogP contribution < -0.4 is 5.32 Å². The van der Waals surface area contributed by atoms with Crippen molar-refractivity contribution in [3.63, 3.8) is 0 Å². The van der Waals surface area contributed by atoms with Crippen molar-refractivity contribution < 1.29 is 18.7 Å². The molecule has 1 amide bonds. The first-order chi connectivity index (χ1) is 11.1. The molecule has 2 atom stereocenters. The monoisotopic (exact) mass is 319 g/mol. The topological polar surface area (TPSA) is 78.0 Å². The Bertz CT molecular complexity index is 737. The predicted octanol–water partition coefficient (Wildman–Crippen LogP) is 2.02. The lowest BCUT2D eigenvalue weighted by Crippen LogP contribution is -2.33. The maximum atomic E-state index is 13.9. The van der Waals surface area contributed by atoms with Crippen LogP contribution in [0.3, 0.4) is 0 Å². The van der Waals surface area contributed by atoms with Gasteiger partial charge in [0, 0.05) is 18.6 Å². The predicted molar refractivity (Wildman–Crippen MR) is 79.5 cm³/mol. The van der Waals surface area contributed by atoms with Gasteiger partial charge >= 0.3 is 0 Å². The Kier molecular flexibility index (Phi) is 4.20. The molecule has 0 fully saturated rings. The summed E-state index contributed by atoms with van der Waals surface area (Å²) in [6.07, 6.45) is 5.45. The van der Waals surface area contributed by atoms with Gasteiger partial charge in [0.25, 0.3) is 5.91 Å². The number of rotatable bonds is 4. The number of aromatic nitrogens is 2. The van der Waals surface area contributed by atoms with E-state index in [1.807, 2.05) is 6.08 Å². The molecule has 7 heteroatoms. The average molecular weight is 319 g/mol. The first-order valence-electron chi connectivity index (χ1n) is 7.18. The van der Waals surface area contributed by atoms with Crippen LogP contribution in [0.25, 0.3) is 11.3 Å². The molecule has 0 bridgehead atoms. The number of nitrogens with one attached hydrogen (secondary N) is 2. The fourth-order valence-electron chi connectivity index (χ4n) is 2.65. The van der Waals surface area contributed by atoms with Gasteiger partial charge in [0.2, 0.25) is 0 Å². The van der Waals surface area contributed by atoms with Crippen LogP contribution in [-0.4, -0.2) is 33.9 Å². The van der Waals surface area contributed by atoms with E-state index in [9.17, 15) is 13.6 Å². The molecule has 1 aliphatic rings. The van der Waals surface area contributed by atoms with Gasteiger partial charge in [-0.05, 0) is 18.6 Å². The zero-order valence-electron chi connectivity index (χ0n) is 12.1. The standard InChI is InChI=1S/C16H15F2N3O2/c17-12-2-1-3-13(18)14(12)15-11(7-19-21-15)16(23)20-10-5-4-9(6-10)8-22/h1-5,7,9-10,22H,6,8H2,(H,19,21)(H,20,23)/t9-,10+/m0/s1. The normalized spacial score (nSPS) is 20.0. The molecule has 5 nitrogen and oxygen atoms in total. The summed E-state index contributed by atoms with van der Waals surface area (Å²) in [5.74, 6) is -2.02. The van der Waals surface area contributed by atoms with E-state index < -0.39 is 17.5 Å². The fourth-order valence-corrected chi connectivity index (χ4v) is 2.65. The molecule has 0 saturated carbocycles. The summed E-state index contributed by atoms with van der Waals surface area (Å²) in [5, 5.41) is 18.1. The number of hydrogen-bond donors (Lipinski definition) is 3. The van der Waals surface area contributed by atoms with E-state index in [2.05, 4.69) is 15.5 Å². The van der Waals surface area contributed by atoms with Crippen molar-refractivity contribution in [3.05, 3.63) is 53.7 Å². The minimum atomic E-state index is -0.774. The second-order valence-corrected chi connectivity index (χ2v) is 5.40. The number of H-pyrrole nitrogens is 1. The zero-order valence-corrected chi connectivity index (χ0v) is 12.1. The zero-order chi connectivity index (χ0) is 16.4. The largest absolute Gasteiger partial charge is 0.396 e. The number of aliphatic hydroxyl groups excluding tert-OH is 1. The number of aliphatic hydroxyl groups is 1. The fraction of sp³-hybridized carbons (Fsp3) is 0.250. The Morgan fingerprint density at radius 1 is 1.35 bits per heavy atom. The van der Waals surface area contributed by atoms with Gasteiger partial charge in [0.05, 0.1) is 23.0 Å². The average Bonchev–Trinajstić information content (AvgIpc) is 3.16. The molecule has 1 heterocycles. The van der Waals surface area contributed by atoms with Crippen LogP contribution >= 0.6 is 0 Å². The molecule has 1 aromatic heterocycles. The smallest absolute Gasteiger partial charge is 0.255 e. The lowest BCUT2D eigenvalue weighted by molar-refractivity contribution is 0.0942. The van der Waals surface area contributed by atoms with Crippen molar-refractivity contribution in [2.75, 3.05) is 6.61 Å². The summed E-state index contributed by atoms with van der Waals surface area (Å²) in [4.78, 5) is 12.4. The minimum Gasteiger partial charge on any atom is -0.396 e. The molecule has 1 aliphatic carbocycles. The van der Waals surface area contributed by atoms with Gasteiger partial charge in [0.1, 0.15) is 11.6 Å². The van der Waals surface area contributed by atoms with Crippen LogP contribution in [0.5, 0.6) is 0 Å². The number of carbonyl (C=O) groups excluding carboxylic acids is 1. The minimum absolute atomic E-state index is 0.00113. The van der Waals surface area contributed by atoms with E-state index >= 15 is 0 Å². The molecule has 2 aromatic rings. The molecular weight excluding hydrogens is 304 g/mol. The summed E-state index contributed by atoms with van der Waals surface area (Å²) in [5.41, 5.74) is -0.251. The van der Waals surface area contributed by atoms with Crippen molar-refractivity contribution in [2.45, 2.75) is 12.5 Å². The number of halogens is 2. The molecule has 0 aliphatic heterocycles. The van der Waals surface area contributed by atoms with Gasteiger partial charge in [-0.2, -0.15) is 5.10 Å². The highest BCUT2D eigenvalue weighted by atomic mass is 19.1. The van der Waals surface area contributed by atoms with Crippen molar-refractivity contribution in [1.82, 2.24) is 15.5 Å². The highest BCUT2D eigenvalue weighted by molar-refractivity contribution is 6.00. The Balaban J connectivity index is 1.84. The first-order valence-corrected chi connectivity index (χ1v) is 7.18. The van der Waals surface area contributed by atoms with Crippen LogP contribution in [0.15, 0.2) is 36.5 Å². The molecule has 3 rings (SSSR count). The number of benzene rings is 1. The van der Waals surface area contributed by atoms with Gasteiger partial charge in [0.15, 0.2) is 0 Å². The van der Waals surface area contributed by atoms with Crippen LogP contribution in [0, 0.1) is 17.6 Å². The van der Waals surface area contributed by atoms with E-state index in [0.29, 0.717) is 6.42 Å². The summed E-state index contributed by atoms with van der Waals surface area (Å²) < 4.78 is 27.8. The van der Waals surface area contributed by atoms with Crippen LogP contribution in [0.2, 0.25) is 0 Å². The third-order valence-corrected chi connectivity index (χ3v) is 3.82. The Labute approximate surface area is 131 Å². The Morgan fingerprint density at radius 2 is 2.09 bits per heavy atom. The quantitative estimate of drug-likeness (QED) is 0.755.